The topological polar surface area (TPSA) is 73.3 Å². The summed E-state index contributed by atoms with van der Waals surface area (Å²) < 4.78 is 10.6. The maximum absolute atomic E-state index is 11.9. The minimum absolute atomic E-state index is 0.00326. The average molecular weight is 375 g/mol. The summed E-state index contributed by atoms with van der Waals surface area (Å²) in [6.07, 6.45) is 5.52. The van der Waals surface area contributed by atoms with Crippen LogP contribution in [0.15, 0.2) is 35.7 Å². The third-order valence-corrected chi connectivity index (χ3v) is 4.68. The van der Waals surface area contributed by atoms with Gasteiger partial charge in [0.05, 0.1) is 20.0 Å². The first-order valence-corrected chi connectivity index (χ1v) is 9.52. The molecule has 1 heterocycles. The quantitative estimate of drug-likeness (QED) is 0.534. The minimum Gasteiger partial charge on any atom is -0.493 e. The predicted octanol–water partition coefficient (Wildman–Crippen LogP) is 3.56. The molecule has 7 heteroatoms. The summed E-state index contributed by atoms with van der Waals surface area (Å²) in [6.45, 7) is 4.12. The van der Waals surface area contributed by atoms with Crippen LogP contribution in [0.4, 0.5) is 0 Å². The highest BCUT2D eigenvalue weighted by Crippen LogP contribution is 2.32. The summed E-state index contributed by atoms with van der Waals surface area (Å²) >= 11 is 1.33. The fourth-order valence-electron chi connectivity index (χ4n) is 2.51. The molecule has 0 saturated carbocycles. The number of aromatic nitrogens is 2. The van der Waals surface area contributed by atoms with Gasteiger partial charge in [0.2, 0.25) is 5.91 Å². The van der Waals surface area contributed by atoms with Crippen LogP contribution in [0.5, 0.6) is 11.5 Å². The molecule has 0 saturated heterocycles. The van der Waals surface area contributed by atoms with Crippen LogP contribution in [0.1, 0.15) is 26.7 Å². The van der Waals surface area contributed by atoms with E-state index in [-0.39, 0.29) is 11.9 Å². The van der Waals surface area contributed by atoms with E-state index in [2.05, 4.69) is 22.2 Å². The van der Waals surface area contributed by atoms with Crippen LogP contribution in [0.3, 0.4) is 0 Å². The van der Waals surface area contributed by atoms with E-state index in [1.807, 2.05) is 25.1 Å². The van der Waals surface area contributed by atoms with Crippen molar-refractivity contribution in [3.63, 3.8) is 0 Å². The average Bonchev–Trinajstić information content (AvgIpc) is 2.66. The zero-order valence-corrected chi connectivity index (χ0v) is 16.4. The molecule has 26 heavy (non-hydrogen) atoms. The smallest absolute Gasteiger partial charge is 0.230 e. The van der Waals surface area contributed by atoms with E-state index in [1.165, 1.54) is 11.8 Å². The molecular weight excluding hydrogens is 350 g/mol. The van der Waals surface area contributed by atoms with Crippen LogP contribution in [0, 0.1) is 0 Å². The number of rotatable bonds is 9. The van der Waals surface area contributed by atoms with Crippen molar-refractivity contribution in [1.29, 1.82) is 0 Å². The fourth-order valence-corrected chi connectivity index (χ4v) is 3.11. The monoisotopic (exact) mass is 375 g/mol. The van der Waals surface area contributed by atoms with Crippen molar-refractivity contribution >= 4 is 17.7 Å². The summed E-state index contributed by atoms with van der Waals surface area (Å²) in [6, 6.07) is 5.85. The van der Waals surface area contributed by atoms with Crippen LogP contribution >= 0.6 is 11.8 Å². The van der Waals surface area contributed by atoms with Gasteiger partial charge in [0.15, 0.2) is 16.7 Å². The lowest BCUT2D eigenvalue weighted by molar-refractivity contribution is -0.119. The third-order valence-electron chi connectivity index (χ3n) is 3.81. The number of nitrogens with zero attached hydrogens (tertiary/aromatic N) is 2. The van der Waals surface area contributed by atoms with E-state index >= 15 is 0 Å². The Kier molecular flexibility index (Phi) is 7.72. The molecule has 1 amide bonds. The number of ether oxygens (including phenoxy) is 2. The van der Waals surface area contributed by atoms with E-state index in [0.717, 1.165) is 24.0 Å². The Morgan fingerprint density at radius 2 is 1.85 bits per heavy atom. The third kappa shape index (κ3) is 5.62. The molecular formula is C19H25N3O3S. The second kappa shape index (κ2) is 10.0. The van der Waals surface area contributed by atoms with Crippen molar-refractivity contribution in [3.05, 3.63) is 30.6 Å². The Morgan fingerprint density at radius 1 is 1.15 bits per heavy atom. The van der Waals surface area contributed by atoms with Gasteiger partial charge in [-0.3, -0.25) is 4.79 Å². The van der Waals surface area contributed by atoms with Gasteiger partial charge in [0.25, 0.3) is 0 Å². The summed E-state index contributed by atoms with van der Waals surface area (Å²) in [5.41, 5.74) is 1.81. The maximum atomic E-state index is 11.9. The number of carbonyl (C=O) groups is 1. The van der Waals surface area contributed by atoms with Gasteiger partial charge in [-0.2, -0.15) is 0 Å². The molecule has 0 aliphatic rings. The molecule has 6 nitrogen and oxygen atoms in total. The fraction of sp³-hybridized carbons (Fsp3) is 0.421. The van der Waals surface area contributed by atoms with Gasteiger partial charge >= 0.3 is 0 Å². The second-order valence-corrected chi connectivity index (χ2v) is 6.81. The van der Waals surface area contributed by atoms with Gasteiger partial charge in [-0.1, -0.05) is 31.2 Å². The number of hydrogen-bond acceptors (Lipinski definition) is 6. The molecule has 0 bridgehead atoms. The van der Waals surface area contributed by atoms with Crippen LogP contribution in [0.2, 0.25) is 0 Å². The van der Waals surface area contributed by atoms with Gasteiger partial charge in [-0.15, -0.1) is 0 Å². The lowest BCUT2D eigenvalue weighted by atomic mass is 10.1. The molecule has 1 atom stereocenters. The van der Waals surface area contributed by atoms with Gasteiger partial charge in [0, 0.05) is 24.0 Å². The number of methoxy groups -OCH3 is 2. The highest BCUT2D eigenvalue weighted by molar-refractivity contribution is 7.99. The maximum Gasteiger partial charge on any atom is 0.230 e. The summed E-state index contributed by atoms with van der Waals surface area (Å²) in [4.78, 5) is 20.6. The van der Waals surface area contributed by atoms with Crippen LogP contribution in [-0.2, 0) is 4.79 Å². The molecule has 0 fully saturated rings. The van der Waals surface area contributed by atoms with Crippen molar-refractivity contribution in [2.24, 2.45) is 0 Å². The Balaban J connectivity index is 1.97. The van der Waals surface area contributed by atoms with E-state index in [1.54, 1.807) is 26.6 Å². The number of hydrogen-bond donors (Lipinski definition) is 1. The molecule has 0 unspecified atom stereocenters. The van der Waals surface area contributed by atoms with Gasteiger partial charge in [-0.25, -0.2) is 9.97 Å². The first-order chi connectivity index (χ1) is 12.6. The number of amides is 1. The zero-order chi connectivity index (χ0) is 18.9. The molecule has 1 N–H and O–H groups in total. The van der Waals surface area contributed by atoms with E-state index in [0.29, 0.717) is 22.4 Å². The van der Waals surface area contributed by atoms with Crippen LogP contribution in [0.25, 0.3) is 11.1 Å². The predicted molar refractivity (Wildman–Crippen MR) is 104 cm³/mol. The number of benzene rings is 1. The van der Waals surface area contributed by atoms with Crippen molar-refractivity contribution in [2.45, 2.75) is 37.9 Å². The number of nitrogens with one attached hydrogen (secondary N) is 1. The highest BCUT2D eigenvalue weighted by Gasteiger charge is 2.10. The molecule has 2 aromatic rings. The molecule has 0 aliphatic carbocycles. The molecule has 0 spiro atoms. The SMILES string of the molecule is CCC[C@@H](C)NC(=O)CSc1ncc(-c2ccc(OC)c(OC)c2)cn1. The van der Waals surface area contributed by atoms with Gasteiger partial charge in [-0.05, 0) is 31.0 Å². The minimum atomic E-state index is 0.00326. The second-order valence-electron chi connectivity index (χ2n) is 5.87. The van der Waals surface area contributed by atoms with Crippen molar-refractivity contribution in [1.82, 2.24) is 15.3 Å². The highest BCUT2D eigenvalue weighted by atomic mass is 32.2. The van der Waals surface area contributed by atoms with Crippen molar-refractivity contribution < 1.29 is 14.3 Å². The van der Waals surface area contributed by atoms with Crippen LogP contribution < -0.4 is 14.8 Å². The molecule has 0 aliphatic heterocycles. The molecule has 1 aromatic heterocycles. The summed E-state index contributed by atoms with van der Waals surface area (Å²) in [5, 5.41) is 3.55. The number of thioether (sulfide) groups is 1. The van der Waals surface area contributed by atoms with Crippen LogP contribution in [-0.4, -0.2) is 41.9 Å². The summed E-state index contributed by atoms with van der Waals surface area (Å²) in [7, 11) is 3.20. The van der Waals surface area contributed by atoms with Crippen molar-refractivity contribution in [2.75, 3.05) is 20.0 Å². The largest absolute Gasteiger partial charge is 0.493 e. The Bertz CT molecular complexity index is 722. The molecule has 140 valence electrons. The number of carbonyl (C=O) groups excluding carboxylic acids is 1. The van der Waals surface area contributed by atoms with E-state index < -0.39 is 0 Å². The lowest BCUT2D eigenvalue weighted by Crippen LogP contribution is -2.33. The molecule has 1 aromatic carbocycles. The Morgan fingerprint density at radius 3 is 2.46 bits per heavy atom. The van der Waals surface area contributed by atoms with E-state index in [4.69, 9.17) is 9.47 Å². The summed E-state index contributed by atoms with van der Waals surface area (Å²) in [5.74, 6) is 1.64. The van der Waals surface area contributed by atoms with Gasteiger partial charge in [0.1, 0.15) is 0 Å². The van der Waals surface area contributed by atoms with E-state index in [9.17, 15) is 4.79 Å². The molecule has 2 rings (SSSR count). The molecule has 0 radical (unpaired) electrons. The zero-order valence-electron chi connectivity index (χ0n) is 15.6. The lowest BCUT2D eigenvalue weighted by Gasteiger charge is -2.12. The Hall–Kier alpha value is -2.28. The first-order valence-electron chi connectivity index (χ1n) is 8.54. The van der Waals surface area contributed by atoms with Crippen molar-refractivity contribution in [3.8, 4) is 22.6 Å². The first kappa shape index (κ1) is 20.0. The normalized spacial score (nSPS) is 11.7. The van der Waals surface area contributed by atoms with Gasteiger partial charge < -0.3 is 14.8 Å². The standard InChI is InChI=1S/C19H25N3O3S/c1-5-6-13(2)22-18(23)12-26-19-20-10-15(11-21-19)14-7-8-16(24-3)17(9-14)25-4/h7-11,13H,5-6,12H2,1-4H3,(H,22,23)/t13-/m1/s1. The Labute approximate surface area is 158 Å².